The number of rotatable bonds is 14. The fraction of sp³-hybridized carbons (Fsp3) is 0.365. The summed E-state index contributed by atoms with van der Waals surface area (Å²) in [6, 6.07) is 16.2. The largest absolute Gasteiger partial charge is 0.431 e. The average Bonchev–Trinajstić information content (AvgIpc) is 4.21. The molecule has 0 aliphatic rings. The van der Waals surface area contributed by atoms with Gasteiger partial charge in [0.1, 0.15) is 4.88 Å². The van der Waals surface area contributed by atoms with Gasteiger partial charge in [-0.25, -0.2) is 44.7 Å². The van der Waals surface area contributed by atoms with Crippen LogP contribution in [0.1, 0.15) is 128 Å². The van der Waals surface area contributed by atoms with E-state index in [1.807, 2.05) is 69.3 Å². The van der Waals surface area contributed by atoms with Crippen LogP contribution in [0.4, 0.5) is 0 Å². The number of aryl methyl sites for hydroxylation is 11. The van der Waals surface area contributed by atoms with Crippen molar-refractivity contribution >= 4 is 51.3 Å². The molecule has 0 fully saturated rings. The van der Waals surface area contributed by atoms with Crippen LogP contribution in [0, 0.1) is 20.8 Å². The molecule has 0 aliphatic heterocycles. The van der Waals surface area contributed by atoms with Gasteiger partial charge in [0.15, 0.2) is 31.7 Å². The normalized spacial score (nSPS) is 10.6. The van der Waals surface area contributed by atoms with Crippen LogP contribution >= 0.6 is 45.3 Å². The molecule has 0 saturated heterocycles. The van der Waals surface area contributed by atoms with Crippen molar-refractivity contribution in [2.45, 2.75) is 128 Å². The zero-order valence-electron chi connectivity index (χ0n) is 41.1. The van der Waals surface area contributed by atoms with Crippen LogP contribution in [-0.4, -0.2) is 55.8 Å². The number of ether oxygens (including phenoxy) is 1. The zero-order valence-corrected chi connectivity index (χ0v) is 44.4. The molecular weight excluding hydrogens is 925 g/mol. The van der Waals surface area contributed by atoms with Gasteiger partial charge in [-0.2, -0.15) is 0 Å². The summed E-state index contributed by atoms with van der Waals surface area (Å²) in [5.41, 5.74) is 12.3. The molecule has 0 bridgehead atoms. The second-order valence-electron chi connectivity index (χ2n) is 15.2. The summed E-state index contributed by atoms with van der Waals surface area (Å²) in [6.07, 6.45) is 8.44. The van der Waals surface area contributed by atoms with Crippen molar-refractivity contribution in [3.05, 3.63) is 139 Å². The van der Waals surface area contributed by atoms with E-state index in [9.17, 15) is 4.79 Å². The maximum Gasteiger partial charge on any atom is 0.355 e. The predicted molar refractivity (Wildman–Crippen MR) is 284 cm³/mol. The Hall–Kier alpha value is -5.81. The Morgan fingerprint density at radius 1 is 0.515 bits per heavy atom. The molecule has 0 amide bonds. The third kappa shape index (κ3) is 14.8. The number of carbonyl (C=O) groups excluding carboxylic acids is 1. The van der Waals surface area contributed by atoms with Crippen LogP contribution < -0.4 is 0 Å². The highest BCUT2D eigenvalue weighted by molar-refractivity contribution is 7.22. The number of hydrogen-bond acceptors (Lipinski definition) is 16. The van der Waals surface area contributed by atoms with Gasteiger partial charge in [-0.05, 0) is 109 Å². The van der Waals surface area contributed by atoms with Crippen molar-refractivity contribution in [1.29, 1.82) is 0 Å². The molecule has 358 valence electrons. The quantitative estimate of drug-likeness (QED) is 0.0752. The molecule has 8 rings (SSSR count). The molecule has 0 aromatic carbocycles. The number of nitrogens with zero attached hydrogens (tertiary/aromatic N) is 10. The Kier molecular flexibility index (Phi) is 20.8. The molecular formula is C52H64N10O2S4. The summed E-state index contributed by atoms with van der Waals surface area (Å²) in [6.45, 7) is 26.1. The summed E-state index contributed by atoms with van der Waals surface area (Å²) in [4.78, 5) is 58.7. The van der Waals surface area contributed by atoms with E-state index >= 15 is 0 Å². The van der Waals surface area contributed by atoms with E-state index in [0.717, 1.165) is 128 Å². The Labute approximate surface area is 419 Å². The van der Waals surface area contributed by atoms with Gasteiger partial charge in [0.2, 0.25) is 0 Å². The molecule has 0 N–H and O–H groups in total. The smallest absolute Gasteiger partial charge is 0.355 e. The van der Waals surface area contributed by atoms with Gasteiger partial charge in [-0.1, -0.05) is 74.1 Å². The van der Waals surface area contributed by atoms with Gasteiger partial charge in [-0.15, -0.1) is 45.3 Å². The maximum absolute atomic E-state index is 11.9. The molecule has 0 spiro atoms. The standard InChI is InChI=1S/C14H18N4.C14H16N2O2S2.C14H16N2.C10H12N2S2.H2/c1-5-11-7-9(3)15-13(17-11)14-16-10(4)8-12(6-2)18-14;1-5-9-8(4)19-12(15-9)13-16-10(6-2)11(20-13)14(17)18-7-3;1-3-11-7-5-9-13(15-11)14-10-6-8-12(4-2)16-14;1-3-7-5-13-9(11-7)10-12-8(4-2)6-14-10;/h7-8H,5-6H2,1-4H3;7H,3,5-6H2,1-2,4H3;5-10H,3-4H2,1-2H3;5-6H,3-4H2,1-2H3;1H. The van der Waals surface area contributed by atoms with E-state index < -0.39 is 5.97 Å². The number of thiazole rings is 4. The molecule has 16 heteroatoms. The van der Waals surface area contributed by atoms with Crippen LogP contribution in [0.5, 0.6) is 0 Å². The Bertz CT molecular complexity index is 2750. The molecule has 0 saturated carbocycles. The van der Waals surface area contributed by atoms with Crippen LogP contribution in [0.2, 0.25) is 0 Å². The lowest BCUT2D eigenvalue weighted by atomic mass is 10.2. The van der Waals surface area contributed by atoms with Crippen LogP contribution in [0.3, 0.4) is 0 Å². The summed E-state index contributed by atoms with van der Waals surface area (Å²) >= 11 is 6.32. The van der Waals surface area contributed by atoms with Gasteiger partial charge in [-0.3, -0.25) is 9.97 Å². The van der Waals surface area contributed by atoms with E-state index in [0.29, 0.717) is 22.9 Å². The fourth-order valence-corrected chi connectivity index (χ4v) is 10.3. The second-order valence-corrected chi connectivity index (χ2v) is 19.1. The topological polar surface area (TPSA) is 155 Å². The van der Waals surface area contributed by atoms with Gasteiger partial charge in [0.05, 0.1) is 40.4 Å². The summed E-state index contributed by atoms with van der Waals surface area (Å²) in [5, 5.41) is 8.01. The lowest BCUT2D eigenvalue weighted by molar-refractivity contribution is 0.0668. The highest BCUT2D eigenvalue weighted by Crippen LogP contribution is 2.34. The third-order valence-electron chi connectivity index (χ3n) is 10.2. The molecule has 68 heavy (non-hydrogen) atoms. The third-order valence-corrected chi connectivity index (χ3v) is 14.3. The first-order chi connectivity index (χ1) is 32.9. The molecule has 0 aliphatic carbocycles. The van der Waals surface area contributed by atoms with E-state index in [-0.39, 0.29) is 1.43 Å². The monoisotopic (exact) mass is 988 g/mol. The van der Waals surface area contributed by atoms with Gasteiger partial charge >= 0.3 is 5.97 Å². The minimum Gasteiger partial charge on any atom is -0.431 e. The molecule has 0 radical (unpaired) electrons. The predicted octanol–water partition coefficient (Wildman–Crippen LogP) is 13.6. The Balaban J connectivity index is 0.000000201. The molecule has 8 aromatic rings. The van der Waals surface area contributed by atoms with Crippen molar-refractivity contribution in [3.63, 3.8) is 0 Å². The summed E-state index contributed by atoms with van der Waals surface area (Å²) < 4.78 is 4.85. The lowest BCUT2D eigenvalue weighted by Gasteiger charge is -2.06. The van der Waals surface area contributed by atoms with E-state index in [2.05, 4.69) is 123 Å². The number of aromatic nitrogens is 10. The lowest BCUT2D eigenvalue weighted by Crippen LogP contribution is -2.03. The molecule has 0 unspecified atom stereocenters. The van der Waals surface area contributed by atoms with Crippen LogP contribution in [0.25, 0.3) is 43.1 Å². The average molecular weight is 989 g/mol. The molecule has 8 heterocycles. The number of pyridine rings is 2. The van der Waals surface area contributed by atoms with Gasteiger partial charge < -0.3 is 4.74 Å². The van der Waals surface area contributed by atoms with Gasteiger partial charge in [0, 0.05) is 51.2 Å². The molecule has 12 nitrogen and oxygen atoms in total. The summed E-state index contributed by atoms with van der Waals surface area (Å²) in [5.74, 6) is 0.861. The van der Waals surface area contributed by atoms with Crippen LogP contribution in [-0.2, 0) is 56.1 Å². The van der Waals surface area contributed by atoms with Crippen molar-refractivity contribution < 1.29 is 11.0 Å². The van der Waals surface area contributed by atoms with Crippen molar-refractivity contribution in [1.82, 2.24) is 49.8 Å². The maximum atomic E-state index is 11.9. The second kappa shape index (κ2) is 26.7. The van der Waals surface area contributed by atoms with Crippen molar-refractivity contribution in [2.75, 3.05) is 0 Å². The van der Waals surface area contributed by atoms with Crippen molar-refractivity contribution in [3.8, 4) is 43.1 Å². The fourth-order valence-electron chi connectivity index (χ4n) is 6.42. The van der Waals surface area contributed by atoms with Crippen LogP contribution in [0.15, 0.2) is 72.1 Å². The Morgan fingerprint density at radius 3 is 1.35 bits per heavy atom. The van der Waals surface area contributed by atoms with E-state index in [4.69, 9.17) is 4.74 Å². The van der Waals surface area contributed by atoms with Gasteiger partial charge in [0.25, 0.3) is 0 Å². The van der Waals surface area contributed by atoms with E-state index in [1.54, 1.807) is 34.0 Å². The molecule has 0 atom stereocenters. The summed E-state index contributed by atoms with van der Waals surface area (Å²) in [7, 11) is 0. The molecule has 8 aromatic heterocycles. The van der Waals surface area contributed by atoms with E-state index in [1.165, 1.54) is 27.6 Å². The SMILES string of the molecule is C=COC(=O)c1sc(-c2nc(CC)c(C)s2)nc1CC.CCc1cc(C)nc(-c2nc(C)cc(CC)n2)n1.CCc1cccc(-c2cccc(CC)n2)n1.CCc1csc(-c2nc(CC)cs2)n1.[HH]. The number of hydrogen-bond donors (Lipinski definition) is 0. The first kappa shape index (κ1) is 53.1. The number of carbonyl (C=O) groups is 1. The Morgan fingerprint density at radius 2 is 0.956 bits per heavy atom. The number of esters is 1. The highest BCUT2D eigenvalue weighted by atomic mass is 32.1. The first-order valence-corrected chi connectivity index (χ1v) is 26.6. The zero-order chi connectivity index (χ0) is 49.2. The minimum atomic E-state index is -0.399. The van der Waals surface area contributed by atoms with Crippen molar-refractivity contribution in [2.24, 2.45) is 0 Å². The highest BCUT2D eigenvalue weighted by Gasteiger charge is 2.21. The minimum absolute atomic E-state index is 0. The first-order valence-electron chi connectivity index (χ1n) is 23.2.